The maximum Gasteiger partial charge on any atom is 0.369 e. The first kappa shape index (κ1) is 10.0. The summed E-state index contributed by atoms with van der Waals surface area (Å²) in [5.41, 5.74) is 0. The molecule has 0 aromatic heterocycles. The van der Waals surface area contributed by atoms with Crippen LogP contribution in [0.15, 0.2) is 0 Å². The molecule has 0 rings (SSSR count). The molecule has 0 unspecified atom stereocenters. The summed E-state index contributed by atoms with van der Waals surface area (Å²) in [6.45, 7) is 7.27. The van der Waals surface area contributed by atoms with E-state index in [1.165, 1.54) is 0 Å². The predicted octanol–water partition coefficient (Wildman–Crippen LogP) is 2.49. The summed E-state index contributed by atoms with van der Waals surface area (Å²) in [6.07, 6.45) is -0.0790. The molecule has 0 aromatic carbocycles. The molecule has 1 radical (unpaired) electrons. The maximum atomic E-state index is 10.8. The Morgan fingerprint density at radius 1 is 1.00 bits per heavy atom. The summed E-state index contributed by atoms with van der Waals surface area (Å²) >= 11 is 0. The van der Waals surface area contributed by atoms with Crippen LogP contribution in [0.25, 0.3) is 0 Å². The van der Waals surface area contributed by atoms with Gasteiger partial charge in [-0.05, 0) is 27.7 Å². The van der Waals surface area contributed by atoms with Crippen LogP contribution in [0, 0.1) is 0 Å². The SMILES string of the molecule is CC(C)O[P](=O)OC(C)C. The van der Waals surface area contributed by atoms with E-state index in [0.717, 1.165) is 0 Å². The first-order chi connectivity index (χ1) is 4.52. The second-order valence-corrected chi connectivity index (χ2v) is 3.40. The first-order valence-electron chi connectivity index (χ1n) is 3.33. The van der Waals surface area contributed by atoms with E-state index >= 15 is 0 Å². The Hall–Kier alpha value is 0.0200. The van der Waals surface area contributed by atoms with Gasteiger partial charge in [-0.1, -0.05) is 0 Å². The third-order valence-corrected chi connectivity index (χ3v) is 1.78. The van der Waals surface area contributed by atoms with Crippen molar-refractivity contribution in [1.29, 1.82) is 0 Å². The van der Waals surface area contributed by atoms with E-state index in [4.69, 9.17) is 9.05 Å². The highest BCUT2D eigenvalue weighted by Crippen LogP contribution is 2.27. The van der Waals surface area contributed by atoms with Gasteiger partial charge in [0, 0.05) is 0 Å². The quantitative estimate of drug-likeness (QED) is 0.600. The molecule has 0 spiro atoms. The van der Waals surface area contributed by atoms with Crippen LogP contribution in [0.3, 0.4) is 0 Å². The van der Waals surface area contributed by atoms with Crippen molar-refractivity contribution in [3.63, 3.8) is 0 Å². The third-order valence-electron chi connectivity index (χ3n) is 0.594. The molecule has 0 aromatic rings. The molecule has 0 N–H and O–H groups in total. The fourth-order valence-corrected chi connectivity index (χ4v) is 1.11. The molecule has 0 heterocycles. The smallest absolute Gasteiger partial charge is 0.280 e. The van der Waals surface area contributed by atoms with Crippen molar-refractivity contribution in [2.45, 2.75) is 39.9 Å². The average molecular weight is 165 g/mol. The molecule has 0 saturated heterocycles. The highest BCUT2D eigenvalue weighted by molar-refractivity contribution is 7.33. The van der Waals surface area contributed by atoms with E-state index in [2.05, 4.69) is 0 Å². The van der Waals surface area contributed by atoms with Crippen LogP contribution in [0.5, 0.6) is 0 Å². The molecule has 0 saturated carbocycles. The predicted molar refractivity (Wildman–Crippen MR) is 40.0 cm³/mol. The fraction of sp³-hybridized carbons (Fsp3) is 1.00. The summed E-state index contributed by atoms with van der Waals surface area (Å²) in [4.78, 5) is 0. The lowest BCUT2D eigenvalue weighted by molar-refractivity contribution is 0.161. The monoisotopic (exact) mass is 165 g/mol. The van der Waals surface area contributed by atoms with E-state index in [-0.39, 0.29) is 12.2 Å². The first-order valence-corrected chi connectivity index (χ1v) is 4.42. The molecule has 0 atom stereocenters. The Morgan fingerprint density at radius 3 is 1.50 bits per heavy atom. The van der Waals surface area contributed by atoms with Crippen molar-refractivity contribution in [2.24, 2.45) is 0 Å². The lowest BCUT2D eigenvalue weighted by Gasteiger charge is -2.07. The van der Waals surface area contributed by atoms with Crippen molar-refractivity contribution in [3.05, 3.63) is 0 Å². The number of hydrogen-bond acceptors (Lipinski definition) is 3. The zero-order valence-corrected chi connectivity index (χ0v) is 7.72. The summed E-state index contributed by atoms with van der Waals surface area (Å²) in [5, 5.41) is 0. The summed E-state index contributed by atoms with van der Waals surface area (Å²) in [7, 11) is -1.91. The van der Waals surface area contributed by atoms with Crippen LogP contribution in [-0.4, -0.2) is 12.2 Å². The molecule has 0 fully saturated rings. The Balaban J connectivity index is 3.44. The normalized spacial score (nSPS) is 11.0. The van der Waals surface area contributed by atoms with Crippen molar-refractivity contribution in [2.75, 3.05) is 0 Å². The fourth-order valence-electron chi connectivity index (χ4n) is 0.369. The van der Waals surface area contributed by atoms with E-state index in [1.54, 1.807) is 0 Å². The highest BCUT2D eigenvalue weighted by atomic mass is 31.1. The Labute approximate surface area is 62.7 Å². The Kier molecular flexibility index (Phi) is 4.79. The second-order valence-electron chi connectivity index (χ2n) is 2.53. The molecular formula is C6H14O3P. The van der Waals surface area contributed by atoms with Crippen LogP contribution in [0.2, 0.25) is 0 Å². The van der Waals surface area contributed by atoms with Crippen molar-refractivity contribution in [1.82, 2.24) is 0 Å². The van der Waals surface area contributed by atoms with E-state index < -0.39 is 8.25 Å². The van der Waals surface area contributed by atoms with Gasteiger partial charge in [-0.3, -0.25) is 9.05 Å². The zero-order valence-electron chi connectivity index (χ0n) is 6.83. The van der Waals surface area contributed by atoms with E-state index in [0.29, 0.717) is 0 Å². The lowest BCUT2D eigenvalue weighted by Crippen LogP contribution is -2.00. The van der Waals surface area contributed by atoms with Crippen LogP contribution in [-0.2, 0) is 13.6 Å². The number of rotatable bonds is 4. The largest absolute Gasteiger partial charge is 0.369 e. The van der Waals surface area contributed by atoms with Crippen LogP contribution in [0.1, 0.15) is 27.7 Å². The van der Waals surface area contributed by atoms with Gasteiger partial charge in [0.15, 0.2) is 0 Å². The Bertz CT molecular complexity index is 99.6. The van der Waals surface area contributed by atoms with Crippen molar-refractivity contribution in [3.8, 4) is 0 Å². The minimum atomic E-state index is -1.91. The van der Waals surface area contributed by atoms with E-state index in [9.17, 15) is 4.57 Å². The summed E-state index contributed by atoms with van der Waals surface area (Å²) < 4.78 is 20.5. The lowest BCUT2D eigenvalue weighted by atomic mass is 10.5. The zero-order chi connectivity index (χ0) is 8.15. The van der Waals surface area contributed by atoms with Gasteiger partial charge in [0.05, 0.1) is 12.2 Å². The topological polar surface area (TPSA) is 35.5 Å². The average Bonchev–Trinajstić information content (AvgIpc) is 1.58. The second kappa shape index (κ2) is 4.78. The minimum Gasteiger partial charge on any atom is -0.280 e. The summed E-state index contributed by atoms with van der Waals surface area (Å²) in [5.74, 6) is 0. The van der Waals surface area contributed by atoms with Crippen molar-refractivity contribution < 1.29 is 13.6 Å². The van der Waals surface area contributed by atoms with Gasteiger partial charge in [0.2, 0.25) is 0 Å². The van der Waals surface area contributed by atoms with E-state index in [1.807, 2.05) is 27.7 Å². The molecule has 0 aliphatic carbocycles. The molecular weight excluding hydrogens is 151 g/mol. The molecule has 0 amide bonds. The standard InChI is InChI=1S/C6H14O3P/c1-5(2)8-10(7)9-6(3)4/h5-6H,1-4H3. The molecule has 3 nitrogen and oxygen atoms in total. The number of hydrogen-bond donors (Lipinski definition) is 0. The van der Waals surface area contributed by atoms with Gasteiger partial charge in [-0.25, -0.2) is 4.57 Å². The molecule has 0 bridgehead atoms. The van der Waals surface area contributed by atoms with Crippen LogP contribution < -0.4 is 0 Å². The maximum absolute atomic E-state index is 10.8. The van der Waals surface area contributed by atoms with Crippen LogP contribution >= 0.6 is 8.25 Å². The van der Waals surface area contributed by atoms with Gasteiger partial charge < -0.3 is 0 Å². The molecule has 10 heavy (non-hydrogen) atoms. The van der Waals surface area contributed by atoms with Crippen LogP contribution in [0.4, 0.5) is 0 Å². The molecule has 0 aliphatic rings. The molecule has 61 valence electrons. The minimum absolute atomic E-state index is 0.0395. The van der Waals surface area contributed by atoms with Gasteiger partial charge in [-0.2, -0.15) is 0 Å². The molecule has 0 aliphatic heterocycles. The third kappa shape index (κ3) is 6.14. The van der Waals surface area contributed by atoms with Crippen molar-refractivity contribution >= 4 is 8.25 Å². The Morgan fingerprint density at radius 2 is 1.30 bits per heavy atom. The highest BCUT2D eigenvalue weighted by Gasteiger charge is 2.06. The van der Waals surface area contributed by atoms with Gasteiger partial charge >= 0.3 is 8.25 Å². The molecule has 4 heteroatoms. The summed E-state index contributed by atoms with van der Waals surface area (Å²) in [6, 6.07) is 0. The van der Waals surface area contributed by atoms with Gasteiger partial charge in [0.1, 0.15) is 0 Å². The van der Waals surface area contributed by atoms with Gasteiger partial charge in [-0.15, -0.1) is 0 Å². The van der Waals surface area contributed by atoms with Gasteiger partial charge in [0.25, 0.3) is 0 Å².